The molecule has 2 rings (SSSR count). The van der Waals surface area contributed by atoms with Crippen LogP contribution in [0.2, 0.25) is 0 Å². The second-order valence-electron chi connectivity index (χ2n) is 3.35. The first-order valence-corrected chi connectivity index (χ1v) is 5.76. The van der Waals surface area contributed by atoms with Crippen LogP contribution in [0.1, 0.15) is 11.3 Å². The molecule has 1 aromatic heterocycles. The van der Waals surface area contributed by atoms with Gasteiger partial charge in [-0.3, -0.25) is 0 Å². The average Bonchev–Trinajstić information content (AvgIpc) is 2.75. The van der Waals surface area contributed by atoms with Gasteiger partial charge in [0, 0.05) is 18.6 Å². The normalized spacial score (nSPS) is 10.1. The fourth-order valence-corrected chi connectivity index (χ4v) is 1.87. The zero-order valence-electron chi connectivity index (χ0n) is 9.23. The van der Waals surface area contributed by atoms with Crippen molar-refractivity contribution in [1.82, 2.24) is 9.59 Å². The molecular formula is C11H13N3OS. The molecule has 84 valence electrons. The lowest BCUT2D eigenvalue weighted by Crippen LogP contribution is -2.00. The molecule has 0 fully saturated rings. The van der Waals surface area contributed by atoms with Crippen LogP contribution in [0.5, 0.6) is 5.75 Å². The summed E-state index contributed by atoms with van der Waals surface area (Å²) in [5.74, 6) is 0.887. The van der Waals surface area contributed by atoms with E-state index in [1.165, 1.54) is 11.5 Å². The van der Waals surface area contributed by atoms with Gasteiger partial charge in [0.05, 0.1) is 0 Å². The summed E-state index contributed by atoms with van der Waals surface area (Å²) in [5.41, 5.74) is 1.97. The highest BCUT2D eigenvalue weighted by Crippen LogP contribution is 2.21. The third-order valence-corrected chi connectivity index (χ3v) is 3.03. The van der Waals surface area contributed by atoms with Gasteiger partial charge in [-0.1, -0.05) is 22.7 Å². The predicted molar refractivity (Wildman–Crippen MR) is 65.0 cm³/mol. The Balaban J connectivity index is 2.05. The van der Waals surface area contributed by atoms with Crippen LogP contribution in [0.3, 0.4) is 0 Å². The first-order chi connectivity index (χ1) is 7.81. The molecule has 0 radical (unpaired) electrons. The summed E-state index contributed by atoms with van der Waals surface area (Å²) in [5, 5.41) is 8.01. The summed E-state index contributed by atoms with van der Waals surface area (Å²) in [4.78, 5) is 0. The predicted octanol–water partition coefficient (Wildman–Crippen LogP) is 2.47. The molecule has 0 unspecified atom stereocenters. The Morgan fingerprint density at radius 2 is 2.19 bits per heavy atom. The zero-order chi connectivity index (χ0) is 11.4. The quantitative estimate of drug-likeness (QED) is 0.884. The SMILES string of the molecule is CNc1snnc1COc1ccccc1C. The van der Waals surface area contributed by atoms with E-state index < -0.39 is 0 Å². The largest absolute Gasteiger partial charge is 0.487 e. The van der Waals surface area contributed by atoms with Crippen LogP contribution < -0.4 is 10.1 Å². The van der Waals surface area contributed by atoms with Crippen molar-refractivity contribution in [2.45, 2.75) is 13.5 Å². The molecule has 0 bridgehead atoms. The summed E-state index contributed by atoms with van der Waals surface area (Å²) in [6.07, 6.45) is 0. The van der Waals surface area contributed by atoms with E-state index in [2.05, 4.69) is 14.9 Å². The van der Waals surface area contributed by atoms with Crippen molar-refractivity contribution in [3.8, 4) is 5.75 Å². The van der Waals surface area contributed by atoms with E-state index in [4.69, 9.17) is 4.74 Å². The Morgan fingerprint density at radius 1 is 1.38 bits per heavy atom. The number of anilines is 1. The van der Waals surface area contributed by atoms with Gasteiger partial charge in [-0.25, -0.2) is 0 Å². The van der Waals surface area contributed by atoms with Gasteiger partial charge in [-0.15, -0.1) is 5.10 Å². The minimum atomic E-state index is 0.442. The van der Waals surface area contributed by atoms with E-state index in [9.17, 15) is 0 Å². The minimum absolute atomic E-state index is 0.442. The third-order valence-electron chi connectivity index (χ3n) is 2.24. The first-order valence-electron chi connectivity index (χ1n) is 4.98. The van der Waals surface area contributed by atoms with Gasteiger partial charge >= 0.3 is 0 Å². The molecule has 1 aromatic carbocycles. The number of hydrogen-bond donors (Lipinski definition) is 1. The Hall–Kier alpha value is -1.62. The highest BCUT2D eigenvalue weighted by Gasteiger charge is 2.07. The molecule has 4 nitrogen and oxygen atoms in total. The molecule has 0 atom stereocenters. The lowest BCUT2D eigenvalue weighted by Gasteiger charge is -2.07. The van der Waals surface area contributed by atoms with Crippen molar-refractivity contribution in [2.24, 2.45) is 0 Å². The standard InChI is InChI=1S/C11H13N3OS/c1-8-5-3-4-6-10(8)15-7-9-11(12-2)16-14-13-9/h3-6,12H,7H2,1-2H3. The zero-order valence-corrected chi connectivity index (χ0v) is 10.0. The molecule has 0 aliphatic rings. The van der Waals surface area contributed by atoms with Crippen LogP contribution in [-0.4, -0.2) is 16.6 Å². The van der Waals surface area contributed by atoms with Crippen LogP contribution in [0.25, 0.3) is 0 Å². The Labute approximate surface area is 98.4 Å². The summed E-state index contributed by atoms with van der Waals surface area (Å²) >= 11 is 1.34. The Bertz CT molecular complexity index is 470. The number of benzene rings is 1. The smallest absolute Gasteiger partial charge is 0.136 e. The van der Waals surface area contributed by atoms with Crippen molar-refractivity contribution in [3.05, 3.63) is 35.5 Å². The van der Waals surface area contributed by atoms with E-state index in [0.29, 0.717) is 6.61 Å². The summed E-state index contributed by atoms with van der Waals surface area (Å²) in [6, 6.07) is 7.92. The van der Waals surface area contributed by atoms with E-state index in [1.807, 2.05) is 38.2 Å². The van der Waals surface area contributed by atoms with Crippen molar-refractivity contribution < 1.29 is 4.74 Å². The molecule has 0 spiro atoms. The average molecular weight is 235 g/mol. The van der Waals surface area contributed by atoms with Gasteiger partial charge in [0.2, 0.25) is 0 Å². The number of nitrogens with zero attached hydrogens (tertiary/aromatic N) is 2. The van der Waals surface area contributed by atoms with Crippen molar-refractivity contribution in [2.75, 3.05) is 12.4 Å². The third kappa shape index (κ3) is 2.30. The van der Waals surface area contributed by atoms with Gasteiger partial charge in [0.15, 0.2) is 0 Å². The van der Waals surface area contributed by atoms with Crippen LogP contribution in [-0.2, 0) is 6.61 Å². The number of ether oxygens (including phenoxy) is 1. The molecule has 0 saturated heterocycles. The summed E-state index contributed by atoms with van der Waals surface area (Å²) < 4.78 is 9.56. The lowest BCUT2D eigenvalue weighted by atomic mass is 10.2. The molecule has 0 aliphatic heterocycles. The lowest BCUT2D eigenvalue weighted by molar-refractivity contribution is 0.299. The van der Waals surface area contributed by atoms with Gasteiger partial charge in [0.1, 0.15) is 23.1 Å². The highest BCUT2D eigenvalue weighted by atomic mass is 32.1. The molecule has 5 heteroatoms. The van der Waals surface area contributed by atoms with Crippen LogP contribution >= 0.6 is 11.5 Å². The molecule has 16 heavy (non-hydrogen) atoms. The molecule has 2 aromatic rings. The van der Waals surface area contributed by atoms with Crippen molar-refractivity contribution >= 4 is 16.5 Å². The van der Waals surface area contributed by atoms with Crippen LogP contribution in [0, 0.1) is 6.92 Å². The molecule has 1 heterocycles. The fraction of sp³-hybridized carbons (Fsp3) is 0.273. The van der Waals surface area contributed by atoms with Crippen LogP contribution in [0.15, 0.2) is 24.3 Å². The molecular weight excluding hydrogens is 222 g/mol. The fourth-order valence-electron chi connectivity index (χ4n) is 1.36. The summed E-state index contributed by atoms with van der Waals surface area (Å²) in [6.45, 7) is 2.46. The van der Waals surface area contributed by atoms with E-state index in [-0.39, 0.29) is 0 Å². The number of rotatable bonds is 4. The second-order valence-corrected chi connectivity index (χ2v) is 4.11. The monoisotopic (exact) mass is 235 g/mol. The minimum Gasteiger partial charge on any atom is -0.487 e. The van der Waals surface area contributed by atoms with Gasteiger partial charge < -0.3 is 10.1 Å². The number of nitrogens with one attached hydrogen (secondary N) is 1. The molecule has 0 saturated carbocycles. The first kappa shape index (κ1) is 10.9. The second kappa shape index (κ2) is 4.94. The van der Waals surface area contributed by atoms with Crippen molar-refractivity contribution in [1.29, 1.82) is 0 Å². The maximum Gasteiger partial charge on any atom is 0.136 e. The molecule has 0 amide bonds. The van der Waals surface area contributed by atoms with Gasteiger partial charge in [0.25, 0.3) is 0 Å². The van der Waals surface area contributed by atoms with Gasteiger partial charge in [-0.05, 0) is 18.6 Å². The number of para-hydroxylation sites is 1. The maximum atomic E-state index is 5.69. The van der Waals surface area contributed by atoms with E-state index in [1.54, 1.807) is 0 Å². The number of aromatic nitrogens is 2. The number of hydrogen-bond acceptors (Lipinski definition) is 5. The maximum absolute atomic E-state index is 5.69. The van der Waals surface area contributed by atoms with Crippen LogP contribution in [0.4, 0.5) is 5.00 Å². The van der Waals surface area contributed by atoms with E-state index in [0.717, 1.165) is 22.0 Å². The summed E-state index contributed by atoms with van der Waals surface area (Å²) in [7, 11) is 1.85. The highest BCUT2D eigenvalue weighted by molar-refractivity contribution is 7.10. The molecule has 0 aliphatic carbocycles. The van der Waals surface area contributed by atoms with E-state index >= 15 is 0 Å². The van der Waals surface area contributed by atoms with Gasteiger partial charge in [-0.2, -0.15) is 0 Å². The Morgan fingerprint density at radius 3 is 2.94 bits per heavy atom. The topological polar surface area (TPSA) is 47.0 Å². The Kier molecular flexibility index (Phi) is 3.36. The molecule has 1 N–H and O–H groups in total. The number of aryl methyl sites for hydroxylation is 1. The van der Waals surface area contributed by atoms with Crippen molar-refractivity contribution in [3.63, 3.8) is 0 Å².